The van der Waals surface area contributed by atoms with E-state index in [4.69, 9.17) is 4.42 Å². The van der Waals surface area contributed by atoms with Crippen molar-refractivity contribution in [2.24, 2.45) is 0 Å². The lowest BCUT2D eigenvalue weighted by Crippen LogP contribution is -2.37. The van der Waals surface area contributed by atoms with E-state index in [-0.39, 0.29) is 11.9 Å². The summed E-state index contributed by atoms with van der Waals surface area (Å²) < 4.78 is 6.93. The fourth-order valence-corrected chi connectivity index (χ4v) is 3.71. The molecule has 150 valence electrons. The Morgan fingerprint density at radius 1 is 1.03 bits per heavy atom. The van der Waals surface area contributed by atoms with Crippen LogP contribution in [-0.4, -0.2) is 32.2 Å². The molecule has 7 nitrogen and oxygen atoms in total. The molecule has 1 N–H and O–H groups in total. The normalized spacial score (nSPS) is 16.2. The van der Waals surface area contributed by atoms with E-state index in [2.05, 4.69) is 20.8 Å². The summed E-state index contributed by atoms with van der Waals surface area (Å²) in [6.07, 6.45) is 11.3. The van der Waals surface area contributed by atoms with Crippen molar-refractivity contribution >= 4 is 17.7 Å². The van der Waals surface area contributed by atoms with E-state index >= 15 is 0 Å². The maximum atomic E-state index is 13.3. The number of tetrazole rings is 1. The van der Waals surface area contributed by atoms with Gasteiger partial charge < -0.3 is 9.73 Å². The van der Waals surface area contributed by atoms with Crippen molar-refractivity contribution in [2.75, 3.05) is 0 Å². The van der Waals surface area contributed by atoms with Crippen molar-refractivity contribution in [2.45, 2.75) is 51.0 Å². The molecule has 0 saturated heterocycles. The predicted molar refractivity (Wildman–Crippen MR) is 110 cm³/mol. The number of benzene rings is 1. The quantitative estimate of drug-likeness (QED) is 0.660. The molecule has 0 spiro atoms. The Labute approximate surface area is 169 Å². The first-order chi connectivity index (χ1) is 14.3. The highest BCUT2D eigenvalue weighted by Gasteiger charge is 2.22. The lowest BCUT2D eigenvalue weighted by atomic mass is 9.96. The van der Waals surface area contributed by atoms with Crippen LogP contribution >= 0.6 is 0 Å². The summed E-state index contributed by atoms with van der Waals surface area (Å²) >= 11 is 0. The summed E-state index contributed by atoms with van der Waals surface area (Å²) in [5.41, 5.74) is 1.17. The molecule has 29 heavy (non-hydrogen) atoms. The molecule has 3 aromatic rings. The zero-order chi connectivity index (χ0) is 19.9. The second-order valence-corrected chi connectivity index (χ2v) is 7.34. The molecule has 7 heteroatoms. The molecule has 1 aromatic carbocycles. The number of nitrogens with zero attached hydrogens (tertiary/aromatic N) is 4. The summed E-state index contributed by atoms with van der Waals surface area (Å²) in [4.78, 5) is 13.3. The number of amides is 1. The fourth-order valence-electron chi connectivity index (χ4n) is 3.71. The highest BCUT2D eigenvalue weighted by molar-refractivity contribution is 6.18. The van der Waals surface area contributed by atoms with Gasteiger partial charge >= 0.3 is 0 Å². The minimum Gasteiger partial charge on any atom is -0.465 e. The molecule has 1 saturated carbocycles. The van der Waals surface area contributed by atoms with Crippen LogP contribution in [0, 0.1) is 0 Å². The van der Waals surface area contributed by atoms with Crippen LogP contribution in [0.2, 0.25) is 0 Å². The molecule has 1 fully saturated rings. The smallest absolute Gasteiger partial charge is 0.270 e. The van der Waals surface area contributed by atoms with E-state index in [0.717, 1.165) is 31.2 Å². The number of hydrogen-bond donors (Lipinski definition) is 1. The van der Waals surface area contributed by atoms with Gasteiger partial charge in [-0.1, -0.05) is 62.4 Å². The van der Waals surface area contributed by atoms with E-state index in [0.29, 0.717) is 17.3 Å². The summed E-state index contributed by atoms with van der Waals surface area (Å²) in [6.45, 7) is 0. The highest BCUT2D eigenvalue weighted by atomic mass is 16.3. The number of nitrogens with one attached hydrogen (secondary N) is 1. The minimum absolute atomic E-state index is 0.166. The van der Waals surface area contributed by atoms with Crippen molar-refractivity contribution in [3.8, 4) is 11.4 Å². The van der Waals surface area contributed by atoms with Crippen molar-refractivity contribution < 1.29 is 9.21 Å². The van der Waals surface area contributed by atoms with Gasteiger partial charge in [-0.2, -0.15) is 4.68 Å². The monoisotopic (exact) mass is 391 g/mol. The molecule has 1 aliphatic rings. The molecule has 2 heterocycles. The molecular formula is C22H25N5O2. The number of furan rings is 1. The first kappa shape index (κ1) is 19.1. The Balaban J connectivity index is 1.65. The Morgan fingerprint density at radius 3 is 2.52 bits per heavy atom. The Kier molecular flexibility index (Phi) is 6.14. The molecule has 0 unspecified atom stereocenters. The van der Waals surface area contributed by atoms with Crippen LogP contribution in [0.25, 0.3) is 23.2 Å². The van der Waals surface area contributed by atoms with Crippen LogP contribution < -0.4 is 5.32 Å². The van der Waals surface area contributed by atoms with E-state index in [1.807, 2.05) is 30.3 Å². The molecule has 0 bridgehead atoms. The average Bonchev–Trinajstić information content (AvgIpc) is 3.40. The van der Waals surface area contributed by atoms with Crippen LogP contribution in [0.15, 0.2) is 53.1 Å². The third-order valence-electron chi connectivity index (χ3n) is 5.22. The second-order valence-electron chi connectivity index (χ2n) is 7.34. The molecule has 1 amide bonds. The number of hydrogen-bond acceptors (Lipinski definition) is 5. The summed E-state index contributed by atoms with van der Waals surface area (Å²) in [7, 11) is 0. The van der Waals surface area contributed by atoms with Gasteiger partial charge in [0.1, 0.15) is 11.5 Å². The van der Waals surface area contributed by atoms with Gasteiger partial charge in [0.05, 0.1) is 6.26 Å². The zero-order valence-corrected chi connectivity index (χ0v) is 16.3. The molecule has 2 aromatic heterocycles. The average molecular weight is 391 g/mol. The molecule has 0 radical (unpaired) electrons. The Morgan fingerprint density at radius 2 is 1.79 bits per heavy atom. The standard InChI is InChI=1S/C22H25N5O2/c28-22(23-18-12-7-2-1-3-8-13-18)20(16-19-14-9-15-29-19)27-21(24-25-26-27)17-10-5-4-6-11-17/h4-6,9-11,14-16,18H,1-3,7-8,12-13H2,(H,23,28)/b20-16-. The second kappa shape index (κ2) is 9.32. The molecule has 1 aliphatic carbocycles. The van der Waals surface area contributed by atoms with Crippen LogP contribution in [-0.2, 0) is 4.79 Å². The SMILES string of the molecule is O=C(NC1CCCCCCC1)/C(=C/c1ccco1)n1nnnc1-c1ccccc1. The third-order valence-corrected chi connectivity index (χ3v) is 5.22. The number of rotatable bonds is 5. The maximum Gasteiger partial charge on any atom is 0.270 e. The summed E-state index contributed by atoms with van der Waals surface area (Å²) in [6, 6.07) is 13.3. The molecule has 4 rings (SSSR count). The van der Waals surface area contributed by atoms with Crippen LogP contribution in [0.3, 0.4) is 0 Å². The van der Waals surface area contributed by atoms with E-state index in [9.17, 15) is 4.79 Å². The summed E-state index contributed by atoms with van der Waals surface area (Å²) in [5.74, 6) is 0.884. The van der Waals surface area contributed by atoms with E-state index in [1.165, 1.54) is 23.9 Å². The maximum absolute atomic E-state index is 13.3. The van der Waals surface area contributed by atoms with Gasteiger partial charge in [0, 0.05) is 17.7 Å². The Bertz CT molecular complexity index is 939. The van der Waals surface area contributed by atoms with Crippen LogP contribution in [0.4, 0.5) is 0 Å². The fraction of sp³-hybridized carbons (Fsp3) is 0.364. The van der Waals surface area contributed by atoms with Crippen LogP contribution in [0.1, 0.15) is 50.7 Å². The van der Waals surface area contributed by atoms with Gasteiger partial charge in [-0.15, -0.1) is 5.10 Å². The predicted octanol–water partition coefficient (Wildman–Crippen LogP) is 4.16. The molecule has 0 atom stereocenters. The third kappa shape index (κ3) is 4.80. The molecular weight excluding hydrogens is 366 g/mol. The van der Waals surface area contributed by atoms with E-state index in [1.54, 1.807) is 24.5 Å². The van der Waals surface area contributed by atoms with Gasteiger partial charge in [-0.05, 0) is 35.4 Å². The topological polar surface area (TPSA) is 85.8 Å². The van der Waals surface area contributed by atoms with Gasteiger partial charge in [0.25, 0.3) is 5.91 Å². The molecule has 0 aliphatic heterocycles. The lowest BCUT2D eigenvalue weighted by Gasteiger charge is -2.21. The zero-order valence-electron chi connectivity index (χ0n) is 16.3. The van der Waals surface area contributed by atoms with Crippen molar-refractivity contribution in [1.29, 1.82) is 0 Å². The van der Waals surface area contributed by atoms with E-state index < -0.39 is 0 Å². The van der Waals surface area contributed by atoms with Crippen molar-refractivity contribution in [1.82, 2.24) is 25.5 Å². The van der Waals surface area contributed by atoms with Gasteiger partial charge in [-0.25, -0.2) is 0 Å². The van der Waals surface area contributed by atoms with Crippen molar-refractivity contribution in [3.63, 3.8) is 0 Å². The van der Waals surface area contributed by atoms with Crippen molar-refractivity contribution in [3.05, 3.63) is 54.5 Å². The van der Waals surface area contributed by atoms with Crippen LogP contribution in [0.5, 0.6) is 0 Å². The Hall–Kier alpha value is -3.22. The van der Waals surface area contributed by atoms with Gasteiger partial charge in [-0.3, -0.25) is 4.79 Å². The lowest BCUT2D eigenvalue weighted by molar-refractivity contribution is -0.116. The minimum atomic E-state index is -0.198. The number of aromatic nitrogens is 4. The first-order valence-electron chi connectivity index (χ1n) is 10.2. The number of carbonyl (C=O) groups excluding carboxylic acids is 1. The first-order valence-corrected chi connectivity index (χ1v) is 10.2. The highest BCUT2D eigenvalue weighted by Crippen LogP contribution is 2.22. The number of carbonyl (C=O) groups is 1. The largest absolute Gasteiger partial charge is 0.465 e. The van der Waals surface area contributed by atoms with Gasteiger partial charge in [0.2, 0.25) is 0 Å². The van der Waals surface area contributed by atoms with Gasteiger partial charge in [0.15, 0.2) is 5.82 Å². The summed E-state index contributed by atoms with van der Waals surface area (Å²) in [5, 5.41) is 15.3.